The van der Waals surface area contributed by atoms with Gasteiger partial charge < -0.3 is 10.2 Å². The molecule has 6 nitrogen and oxygen atoms in total. The third kappa shape index (κ3) is 5.04. The second-order valence-electron chi connectivity index (χ2n) is 6.50. The Labute approximate surface area is 174 Å². The number of rotatable bonds is 5. The lowest BCUT2D eigenvalue weighted by molar-refractivity contribution is -0.115. The molecule has 1 fully saturated rings. The molecule has 1 N–H and O–H groups in total. The monoisotopic (exact) mass is 439 g/mol. The Bertz CT molecular complexity index is 1040. The highest BCUT2D eigenvalue weighted by Gasteiger charge is 2.20. The molecule has 148 valence electrons. The molecule has 0 bridgehead atoms. The maximum atomic E-state index is 12.6. The van der Waals surface area contributed by atoms with Crippen molar-refractivity contribution in [2.24, 2.45) is 4.40 Å². The van der Waals surface area contributed by atoms with Crippen LogP contribution < -0.4 is 5.32 Å². The van der Waals surface area contributed by atoms with E-state index in [-0.39, 0.29) is 17.2 Å². The fourth-order valence-electron chi connectivity index (χ4n) is 2.88. The van der Waals surface area contributed by atoms with Crippen LogP contribution in [0.4, 0.5) is 5.69 Å². The van der Waals surface area contributed by atoms with E-state index in [0.717, 1.165) is 13.0 Å². The predicted molar refractivity (Wildman–Crippen MR) is 112 cm³/mol. The number of likely N-dealkylation sites (tertiary alicyclic amines) is 1. The van der Waals surface area contributed by atoms with Crippen molar-refractivity contribution < 1.29 is 13.2 Å². The SMILES string of the molecule is CN1CCC/C1=N/S(=O)(=O)c1cccc(NC(=O)Cc2ccc(Cl)cc2Cl)c1. The second kappa shape index (κ2) is 8.51. The summed E-state index contributed by atoms with van der Waals surface area (Å²) in [4.78, 5) is 14.2. The highest BCUT2D eigenvalue weighted by molar-refractivity contribution is 7.90. The lowest BCUT2D eigenvalue weighted by atomic mass is 10.1. The molecule has 0 unspecified atom stereocenters. The van der Waals surface area contributed by atoms with Crippen LogP contribution in [0.5, 0.6) is 0 Å². The Morgan fingerprint density at radius 2 is 2.00 bits per heavy atom. The van der Waals surface area contributed by atoms with Gasteiger partial charge in [-0.2, -0.15) is 8.42 Å². The van der Waals surface area contributed by atoms with Crippen LogP contribution in [-0.2, 0) is 21.2 Å². The molecule has 1 saturated heterocycles. The van der Waals surface area contributed by atoms with E-state index < -0.39 is 10.0 Å². The van der Waals surface area contributed by atoms with Crippen molar-refractivity contribution in [1.82, 2.24) is 4.90 Å². The Hall–Kier alpha value is -2.09. The summed E-state index contributed by atoms with van der Waals surface area (Å²) < 4.78 is 29.1. The molecule has 0 aliphatic carbocycles. The van der Waals surface area contributed by atoms with E-state index in [2.05, 4.69) is 9.71 Å². The summed E-state index contributed by atoms with van der Waals surface area (Å²) in [6, 6.07) is 10.9. The molecule has 0 saturated carbocycles. The summed E-state index contributed by atoms with van der Waals surface area (Å²) in [6.07, 6.45) is 1.56. The number of nitrogens with one attached hydrogen (secondary N) is 1. The van der Waals surface area contributed by atoms with Gasteiger partial charge in [-0.15, -0.1) is 4.40 Å². The zero-order chi connectivity index (χ0) is 20.3. The normalized spacial score (nSPS) is 15.8. The molecule has 0 aromatic heterocycles. The van der Waals surface area contributed by atoms with E-state index in [1.807, 2.05) is 11.9 Å². The van der Waals surface area contributed by atoms with E-state index >= 15 is 0 Å². The minimum atomic E-state index is -3.85. The lowest BCUT2D eigenvalue weighted by Gasteiger charge is -2.11. The average molecular weight is 440 g/mol. The fourth-order valence-corrected chi connectivity index (χ4v) is 4.49. The van der Waals surface area contributed by atoms with Crippen LogP contribution >= 0.6 is 23.2 Å². The minimum Gasteiger partial charge on any atom is -0.362 e. The predicted octanol–water partition coefficient (Wildman–Crippen LogP) is 3.99. The van der Waals surface area contributed by atoms with Gasteiger partial charge in [0, 0.05) is 35.7 Å². The van der Waals surface area contributed by atoms with Gasteiger partial charge in [0.2, 0.25) is 5.91 Å². The van der Waals surface area contributed by atoms with Crippen molar-refractivity contribution in [2.75, 3.05) is 18.9 Å². The van der Waals surface area contributed by atoms with E-state index in [4.69, 9.17) is 23.2 Å². The van der Waals surface area contributed by atoms with Crippen molar-refractivity contribution in [3.63, 3.8) is 0 Å². The van der Waals surface area contributed by atoms with Crippen molar-refractivity contribution in [2.45, 2.75) is 24.2 Å². The first-order valence-corrected chi connectivity index (χ1v) is 10.8. The van der Waals surface area contributed by atoms with E-state index in [1.165, 1.54) is 12.1 Å². The van der Waals surface area contributed by atoms with E-state index in [1.54, 1.807) is 30.3 Å². The topological polar surface area (TPSA) is 78.8 Å². The van der Waals surface area contributed by atoms with Crippen LogP contribution in [0, 0.1) is 0 Å². The van der Waals surface area contributed by atoms with Gasteiger partial charge in [-0.1, -0.05) is 35.3 Å². The van der Waals surface area contributed by atoms with E-state index in [0.29, 0.717) is 33.6 Å². The number of halogens is 2. The fraction of sp³-hybridized carbons (Fsp3) is 0.263. The van der Waals surface area contributed by atoms with Crippen LogP contribution in [0.3, 0.4) is 0 Å². The van der Waals surface area contributed by atoms with Crippen molar-refractivity contribution in [1.29, 1.82) is 0 Å². The molecule has 1 heterocycles. The summed E-state index contributed by atoms with van der Waals surface area (Å²) in [5, 5.41) is 3.58. The van der Waals surface area contributed by atoms with Gasteiger partial charge in [0.15, 0.2) is 0 Å². The first kappa shape index (κ1) is 20.6. The highest BCUT2D eigenvalue weighted by atomic mass is 35.5. The molecule has 1 aliphatic heterocycles. The van der Waals surface area contributed by atoms with Gasteiger partial charge in [0.25, 0.3) is 10.0 Å². The Kier molecular flexibility index (Phi) is 6.27. The molecule has 9 heteroatoms. The molecule has 0 radical (unpaired) electrons. The Morgan fingerprint density at radius 3 is 2.68 bits per heavy atom. The van der Waals surface area contributed by atoms with Crippen molar-refractivity contribution in [3.05, 3.63) is 58.1 Å². The summed E-state index contributed by atoms with van der Waals surface area (Å²) in [5.74, 6) is 0.229. The summed E-state index contributed by atoms with van der Waals surface area (Å²) in [7, 11) is -2.03. The number of carbonyl (C=O) groups excluding carboxylic acids is 1. The minimum absolute atomic E-state index is 0.0302. The Morgan fingerprint density at radius 1 is 1.21 bits per heavy atom. The first-order chi connectivity index (χ1) is 13.2. The molecule has 2 aromatic rings. The number of amides is 1. The van der Waals surface area contributed by atoms with Gasteiger partial charge in [-0.05, 0) is 42.3 Å². The summed E-state index contributed by atoms with van der Waals surface area (Å²) >= 11 is 11.9. The maximum absolute atomic E-state index is 12.6. The smallest absolute Gasteiger partial charge is 0.284 e. The average Bonchev–Trinajstić information content (AvgIpc) is 3.02. The third-order valence-electron chi connectivity index (χ3n) is 4.34. The van der Waals surface area contributed by atoms with Crippen LogP contribution in [0.2, 0.25) is 10.0 Å². The molecular formula is C19H19Cl2N3O3S. The van der Waals surface area contributed by atoms with Gasteiger partial charge in [-0.25, -0.2) is 0 Å². The molecule has 3 rings (SSSR count). The van der Waals surface area contributed by atoms with Crippen LogP contribution in [-0.4, -0.2) is 38.7 Å². The number of anilines is 1. The van der Waals surface area contributed by atoms with Gasteiger partial charge in [0.1, 0.15) is 5.84 Å². The van der Waals surface area contributed by atoms with Crippen molar-refractivity contribution >= 4 is 50.7 Å². The number of benzene rings is 2. The lowest BCUT2D eigenvalue weighted by Crippen LogP contribution is -2.20. The van der Waals surface area contributed by atoms with Crippen LogP contribution in [0.1, 0.15) is 18.4 Å². The number of carbonyl (C=O) groups is 1. The maximum Gasteiger partial charge on any atom is 0.284 e. The number of sulfonamides is 1. The van der Waals surface area contributed by atoms with Crippen LogP contribution in [0.25, 0.3) is 0 Å². The largest absolute Gasteiger partial charge is 0.362 e. The van der Waals surface area contributed by atoms with Gasteiger partial charge in [0.05, 0.1) is 11.3 Å². The number of hydrogen-bond acceptors (Lipinski definition) is 3. The second-order valence-corrected chi connectivity index (χ2v) is 8.94. The molecule has 28 heavy (non-hydrogen) atoms. The quantitative estimate of drug-likeness (QED) is 0.763. The zero-order valence-corrected chi connectivity index (χ0v) is 17.5. The van der Waals surface area contributed by atoms with E-state index in [9.17, 15) is 13.2 Å². The highest BCUT2D eigenvalue weighted by Crippen LogP contribution is 2.23. The molecule has 0 spiro atoms. The van der Waals surface area contributed by atoms with Crippen molar-refractivity contribution in [3.8, 4) is 0 Å². The Balaban J connectivity index is 1.75. The molecule has 0 atom stereocenters. The molecule has 2 aromatic carbocycles. The summed E-state index contributed by atoms with van der Waals surface area (Å²) in [6.45, 7) is 0.789. The first-order valence-electron chi connectivity index (χ1n) is 8.63. The standard InChI is InChI=1S/C19H19Cl2N3O3S/c1-24-9-3-6-18(24)23-28(26,27)16-5-2-4-15(12-16)22-19(25)10-13-7-8-14(20)11-17(13)21/h2,4-5,7-8,11-12H,3,6,9-10H2,1H3,(H,22,25)/b23-18-. The van der Waals surface area contributed by atoms with Gasteiger partial charge >= 0.3 is 0 Å². The molecule has 1 aliphatic rings. The molecule has 1 amide bonds. The van der Waals surface area contributed by atoms with Crippen LogP contribution in [0.15, 0.2) is 51.8 Å². The zero-order valence-electron chi connectivity index (χ0n) is 15.2. The third-order valence-corrected chi connectivity index (χ3v) is 6.23. The molecular weight excluding hydrogens is 421 g/mol. The van der Waals surface area contributed by atoms with Gasteiger partial charge in [-0.3, -0.25) is 4.79 Å². The number of hydrogen-bond donors (Lipinski definition) is 1. The summed E-state index contributed by atoms with van der Waals surface area (Å²) in [5.41, 5.74) is 0.999. The number of amidine groups is 1. The number of nitrogens with zero attached hydrogens (tertiary/aromatic N) is 2.